The van der Waals surface area contributed by atoms with E-state index in [9.17, 15) is 0 Å². The molecular weight excluding hydrogens is 316 g/mol. The van der Waals surface area contributed by atoms with Gasteiger partial charge in [-0.05, 0) is 63.8 Å². The first kappa shape index (κ1) is 17.2. The van der Waals surface area contributed by atoms with Crippen LogP contribution in [0.2, 0.25) is 0 Å². The quantitative estimate of drug-likeness (QED) is 0.533. The third-order valence-electron chi connectivity index (χ3n) is 4.94. The fraction of sp³-hybridized carbons (Fsp3) is 0.429. The molecule has 2 nitrogen and oxygen atoms in total. The lowest BCUT2D eigenvalue weighted by molar-refractivity contribution is 0.861. The molecule has 0 bridgehead atoms. The van der Waals surface area contributed by atoms with Gasteiger partial charge in [0.15, 0.2) is 5.62 Å². The van der Waals surface area contributed by atoms with Crippen LogP contribution in [0.4, 0.5) is 11.4 Å². The number of alkyl halides is 1. The van der Waals surface area contributed by atoms with E-state index < -0.39 is 0 Å². The van der Waals surface area contributed by atoms with Gasteiger partial charge in [0, 0.05) is 24.5 Å². The fourth-order valence-electron chi connectivity index (χ4n) is 4.28. The van der Waals surface area contributed by atoms with Crippen LogP contribution in [0.1, 0.15) is 33.4 Å². The first-order valence-corrected chi connectivity index (χ1v) is 9.06. The van der Waals surface area contributed by atoms with Crippen molar-refractivity contribution in [1.82, 2.24) is 0 Å². The second-order valence-corrected chi connectivity index (χ2v) is 7.58. The van der Waals surface area contributed by atoms with E-state index in [2.05, 4.69) is 75.6 Å². The molecule has 1 saturated heterocycles. The summed E-state index contributed by atoms with van der Waals surface area (Å²) in [6, 6.07) is 8.99. The highest BCUT2D eigenvalue weighted by Crippen LogP contribution is 2.37. The van der Waals surface area contributed by atoms with E-state index in [1.165, 1.54) is 44.8 Å². The molecule has 1 fully saturated rings. The number of nitrogens with zero attached hydrogens (tertiary/aromatic N) is 2. The number of aryl methyl sites for hydroxylation is 6. The second kappa shape index (κ2) is 6.33. The van der Waals surface area contributed by atoms with Crippen molar-refractivity contribution in [3.8, 4) is 0 Å². The summed E-state index contributed by atoms with van der Waals surface area (Å²) in [5.41, 5.74) is 10.2. The molecule has 24 heavy (non-hydrogen) atoms. The first-order valence-electron chi connectivity index (χ1n) is 8.62. The molecule has 128 valence electrons. The lowest BCUT2D eigenvalue weighted by atomic mass is 10.0. The molecule has 0 amide bonds. The van der Waals surface area contributed by atoms with Crippen molar-refractivity contribution in [2.24, 2.45) is 0 Å². The molecule has 0 aromatic heterocycles. The minimum absolute atomic E-state index is 0.148. The highest BCUT2D eigenvalue weighted by molar-refractivity contribution is 6.23. The van der Waals surface area contributed by atoms with Crippen molar-refractivity contribution in [1.29, 1.82) is 0 Å². The highest BCUT2D eigenvalue weighted by atomic mass is 35.5. The summed E-state index contributed by atoms with van der Waals surface area (Å²) in [5.74, 6) is 0. The molecule has 1 aliphatic heterocycles. The van der Waals surface area contributed by atoms with Gasteiger partial charge in [0.05, 0.1) is 0 Å². The zero-order chi connectivity index (χ0) is 17.6. The van der Waals surface area contributed by atoms with E-state index in [1.54, 1.807) is 0 Å². The van der Waals surface area contributed by atoms with Crippen LogP contribution in [-0.4, -0.2) is 18.7 Å². The average molecular weight is 343 g/mol. The van der Waals surface area contributed by atoms with E-state index in [0.717, 1.165) is 13.1 Å². The summed E-state index contributed by atoms with van der Waals surface area (Å²) in [6.07, 6.45) is 0. The zero-order valence-corrected chi connectivity index (χ0v) is 16.3. The maximum atomic E-state index is 6.93. The van der Waals surface area contributed by atoms with Crippen molar-refractivity contribution in [3.63, 3.8) is 0 Å². The third-order valence-corrected chi connectivity index (χ3v) is 5.41. The van der Waals surface area contributed by atoms with E-state index in [1.807, 2.05) is 0 Å². The molecule has 2 aromatic carbocycles. The van der Waals surface area contributed by atoms with Gasteiger partial charge in [-0.1, -0.05) is 47.0 Å². The number of hydrogen-bond acceptors (Lipinski definition) is 2. The Morgan fingerprint density at radius 2 is 0.958 bits per heavy atom. The Hall–Kier alpha value is -1.67. The van der Waals surface area contributed by atoms with E-state index in [4.69, 9.17) is 11.6 Å². The minimum atomic E-state index is -0.148. The summed E-state index contributed by atoms with van der Waals surface area (Å²) >= 11 is 6.93. The van der Waals surface area contributed by atoms with Crippen LogP contribution in [0.3, 0.4) is 0 Å². The predicted molar refractivity (Wildman–Crippen MR) is 106 cm³/mol. The Morgan fingerprint density at radius 1 is 0.667 bits per heavy atom. The smallest absolute Gasteiger partial charge is 0.180 e. The van der Waals surface area contributed by atoms with Crippen molar-refractivity contribution < 1.29 is 0 Å². The zero-order valence-electron chi connectivity index (χ0n) is 15.6. The number of hydrogen-bond donors (Lipinski definition) is 0. The largest absolute Gasteiger partial charge is 0.336 e. The maximum absolute atomic E-state index is 6.93. The molecule has 0 atom stereocenters. The minimum Gasteiger partial charge on any atom is -0.336 e. The van der Waals surface area contributed by atoms with Crippen molar-refractivity contribution in [2.75, 3.05) is 22.9 Å². The summed E-state index contributed by atoms with van der Waals surface area (Å²) in [7, 11) is 0. The van der Waals surface area contributed by atoms with Gasteiger partial charge in [-0.3, -0.25) is 0 Å². The number of anilines is 2. The summed E-state index contributed by atoms with van der Waals surface area (Å²) in [5, 5.41) is 0. The molecule has 3 rings (SSSR count). The molecule has 0 spiro atoms. The Kier molecular flexibility index (Phi) is 4.52. The number of halogens is 1. The van der Waals surface area contributed by atoms with Crippen LogP contribution >= 0.6 is 11.6 Å². The molecule has 2 aromatic rings. The van der Waals surface area contributed by atoms with Crippen molar-refractivity contribution in [2.45, 2.75) is 47.2 Å². The van der Waals surface area contributed by atoms with Gasteiger partial charge in [-0.25, -0.2) is 0 Å². The molecule has 0 unspecified atom stereocenters. The predicted octanol–water partition coefficient (Wildman–Crippen LogP) is 5.39. The third kappa shape index (κ3) is 2.88. The highest BCUT2D eigenvalue weighted by Gasteiger charge is 2.33. The molecule has 0 saturated carbocycles. The number of benzene rings is 2. The Morgan fingerprint density at radius 3 is 1.25 bits per heavy atom. The molecule has 1 aliphatic rings. The summed E-state index contributed by atoms with van der Waals surface area (Å²) in [4.78, 5) is 4.68. The van der Waals surface area contributed by atoms with Crippen LogP contribution in [0.25, 0.3) is 0 Å². The fourth-order valence-corrected chi connectivity index (χ4v) is 4.67. The van der Waals surface area contributed by atoms with Crippen LogP contribution < -0.4 is 9.80 Å². The maximum Gasteiger partial charge on any atom is 0.180 e. The van der Waals surface area contributed by atoms with Crippen LogP contribution in [-0.2, 0) is 0 Å². The Bertz CT molecular complexity index is 670. The van der Waals surface area contributed by atoms with Gasteiger partial charge in [-0.2, -0.15) is 0 Å². The summed E-state index contributed by atoms with van der Waals surface area (Å²) in [6.45, 7) is 14.9. The van der Waals surface area contributed by atoms with E-state index in [-0.39, 0.29) is 5.62 Å². The molecule has 0 radical (unpaired) electrons. The molecule has 3 heteroatoms. The average Bonchev–Trinajstić information content (AvgIpc) is 2.79. The van der Waals surface area contributed by atoms with Crippen LogP contribution in [0, 0.1) is 41.5 Å². The lowest BCUT2D eigenvalue weighted by Gasteiger charge is -2.31. The first-order chi connectivity index (χ1) is 11.3. The van der Waals surface area contributed by atoms with Gasteiger partial charge in [-0.15, -0.1) is 0 Å². The van der Waals surface area contributed by atoms with Crippen molar-refractivity contribution >= 4 is 23.0 Å². The Labute approximate surface area is 151 Å². The lowest BCUT2D eigenvalue weighted by Crippen LogP contribution is -2.35. The SMILES string of the molecule is Cc1cc(C)c(N2CCN(c3c(C)cc(C)cc3C)C2Cl)c(C)c1. The van der Waals surface area contributed by atoms with Gasteiger partial charge >= 0.3 is 0 Å². The molecule has 0 N–H and O–H groups in total. The van der Waals surface area contributed by atoms with Gasteiger partial charge < -0.3 is 9.80 Å². The standard InChI is InChI=1S/C21H27ClN2/c1-13-9-15(3)19(16(4)10-13)23-7-8-24(21(23)22)20-17(5)11-14(2)12-18(20)6/h9-12,21H,7-8H2,1-6H3. The van der Waals surface area contributed by atoms with Crippen LogP contribution in [0.15, 0.2) is 24.3 Å². The monoisotopic (exact) mass is 342 g/mol. The van der Waals surface area contributed by atoms with Gasteiger partial charge in [0.25, 0.3) is 0 Å². The topological polar surface area (TPSA) is 6.48 Å². The molecule has 0 aliphatic carbocycles. The van der Waals surface area contributed by atoms with E-state index >= 15 is 0 Å². The molecular formula is C21H27ClN2. The second-order valence-electron chi connectivity index (χ2n) is 7.19. The van der Waals surface area contributed by atoms with Gasteiger partial charge in [0.2, 0.25) is 0 Å². The number of rotatable bonds is 2. The normalized spacial score (nSPS) is 15.5. The van der Waals surface area contributed by atoms with Crippen molar-refractivity contribution in [3.05, 3.63) is 57.6 Å². The molecule has 1 heterocycles. The van der Waals surface area contributed by atoms with Gasteiger partial charge in [0.1, 0.15) is 0 Å². The van der Waals surface area contributed by atoms with Crippen LogP contribution in [0.5, 0.6) is 0 Å². The van der Waals surface area contributed by atoms with E-state index in [0.29, 0.717) is 0 Å². The summed E-state index contributed by atoms with van der Waals surface area (Å²) < 4.78 is 0. The Balaban J connectivity index is 1.99.